The summed E-state index contributed by atoms with van der Waals surface area (Å²) in [6, 6.07) is 7.51. The van der Waals surface area contributed by atoms with Gasteiger partial charge in [-0.2, -0.15) is 0 Å². The van der Waals surface area contributed by atoms with Crippen molar-refractivity contribution in [3.05, 3.63) is 35.9 Å². The van der Waals surface area contributed by atoms with Gasteiger partial charge >= 0.3 is 0 Å². The van der Waals surface area contributed by atoms with E-state index in [-0.39, 0.29) is 25.4 Å². The van der Waals surface area contributed by atoms with E-state index in [1.807, 2.05) is 44.2 Å². The second-order valence-corrected chi connectivity index (χ2v) is 6.57. The van der Waals surface area contributed by atoms with Crippen LogP contribution < -0.4 is 21.7 Å². The molecule has 0 aliphatic heterocycles. The predicted molar refractivity (Wildman–Crippen MR) is 101 cm³/mol. The van der Waals surface area contributed by atoms with E-state index in [4.69, 9.17) is 5.73 Å². The maximum atomic E-state index is 12.7. The lowest BCUT2D eigenvalue weighted by atomic mass is 10.0. The molecule has 1 radical (unpaired) electrons. The number of nitrogens with two attached hydrogens (primary N) is 1. The Bertz CT molecular complexity index is 634. The van der Waals surface area contributed by atoms with E-state index in [0.717, 1.165) is 5.56 Å². The SMILES string of the molecule is CC(C)C[C@H](NC(=O)[C@H](Cc1ccccc1)NC(=O)CN)C(=O)NC[C]=O. The van der Waals surface area contributed by atoms with Crippen molar-refractivity contribution in [2.45, 2.75) is 38.8 Å². The summed E-state index contributed by atoms with van der Waals surface area (Å²) in [4.78, 5) is 47.0. The molecule has 3 amide bonds. The van der Waals surface area contributed by atoms with Crippen LogP contribution in [0, 0.1) is 5.92 Å². The summed E-state index contributed by atoms with van der Waals surface area (Å²) < 4.78 is 0. The topological polar surface area (TPSA) is 130 Å². The van der Waals surface area contributed by atoms with Gasteiger partial charge in [-0.25, -0.2) is 0 Å². The van der Waals surface area contributed by atoms with Crippen LogP contribution in [-0.2, 0) is 25.6 Å². The fraction of sp³-hybridized carbons (Fsp3) is 0.474. The third-order valence-electron chi connectivity index (χ3n) is 3.79. The van der Waals surface area contributed by atoms with Gasteiger partial charge in [0.1, 0.15) is 12.1 Å². The molecule has 1 aromatic rings. The Balaban J connectivity index is 2.90. The van der Waals surface area contributed by atoms with Crippen molar-refractivity contribution in [1.82, 2.24) is 16.0 Å². The number of rotatable bonds is 11. The molecule has 27 heavy (non-hydrogen) atoms. The Morgan fingerprint density at radius 3 is 2.26 bits per heavy atom. The van der Waals surface area contributed by atoms with Crippen LogP contribution in [0.5, 0.6) is 0 Å². The van der Waals surface area contributed by atoms with E-state index < -0.39 is 29.8 Å². The number of hydrogen-bond acceptors (Lipinski definition) is 5. The van der Waals surface area contributed by atoms with Crippen molar-refractivity contribution < 1.29 is 19.2 Å². The van der Waals surface area contributed by atoms with Gasteiger partial charge < -0.3 is 21.7 Å². The maximum Gasteiger partial charge on any atom is 0.243 e. The summed E-state index contributed by atoms with van der Waals surface area (Å²) >= 11 is 0. The smallest absolute Gasteiger partial charge is 0.243 e. The molecule has 0 bridgehead atoms. The van der Waals surface area contributed by atoms with Gasteiger partial charge in [0.2, 0.25) is 24.0 Å². The Hall–Kier alpha value is -2.74. The Labute approximate surface area is 159 Å². The normalized spacial score (nSPS) is 12.7. The molecule has 0 aliphatic carbocycles. The molecule has 1 rings (SSSR count). The lowest BCUT2D eigenvalue weighted by molar-refractivity contribution is -0.132. The predicted octanol–water partition coefficient (Wildman–Crippen LogP) is -0.571. The van der Waals surface area contributed by atoms with E-state index in [1.165, 1.54) is 0 Å². The summed E-state index contributed by atoms with van der Waals surface area (Å²) in [6.45, 7) is 3.33. The van der Waals surface area contributed by atoms with Crippen LogP contribution in [0.4, 0.5) is 0 Å². The molecule has 0 aliphatic rings. The molecule has 2 atom stereocenters. The van der Waals surface area contributed by atoms with Crippen LogP contribution in [-0.4, -0.2) is 49.2 Å². The molecule has 8 heteroatoms. The summed E-state index contributed by atoms with van der Waals surface area (Å²) in [6.07, 6.45) is 2.23. The lowest BCUT2D eigenvalue weighted by Gasteiger charge is -2.24. The van der Waals surface area contributed by atoms with Crippen molar-refractivity contribution in [2.24, 2.45) is 11.7 Å². The third-order valence-corrected chi connectivity index (χ3v) is 3.79. The fourth-order valence-corrected chi connectivity index (χ4v) is 2.53. The highest BCUT2D eigenvalue weighted by molar-refractivity contribution is 5.92. The second-order valence-electron chi connectivity index (χ2n) is 6.57. The van der Waals surface area contributed by atoms with Gasteiger partial charge in [-0.15, -0.1) is 0 Å². The van der Waals surface area contributed by atoms with Crippen LogP contribution >= 0.6 is 0 Å². The molecule has 8 nitrogen and oxygen atoms in total. The summed E-state index contributed by atoms with van der Waals surface area (Å²) in [7, 11) is 0. The van der Waals surface area contributed by atoms with Crippen molar-refractivity contribution in [1.29, 1.82) is 0 Å². The molecule has 5 N–H and O–H groups in total. The van der Waals surface area contributed by atoms with E-state index in [2.05, 4.69) is 16.0 Å². The molecule has 0 heterocycles. The number of carbonyl (C=O) groups is 3. The number of amides is 3. The first-order valence-electron chi connectivity index (χ1n) is 8.83. The van der Waals surface area contributed by atoms with Crippen molar-refractivity contribution in [3.8, 4) is 0 Å². The van der Waals surface area contributed by atoms with Crippen LogP contribution in [0.2, 0.25) is 0 Å². The van der Waals surface area contributed by atoms with Crippen molar-refractivity contribution >= 4 is 24.0 Å². The molecular formula is C19H27N4O4. The standard InChI is InChI=1S/C19H27N4O4/c1-13(2)10-15(18(26)21-8-9-24)23-19(27)16(22-17(25)12-20)11-14-6-4-3-5-7-14/h3-7,13,15-16H,8,10-12,20H2,1-2H3,(H,21,26)(H,22,25)(H,23,27)/t15-,16-/m0/s1. The average Bonchev–Trinajstić information content (AvgIpc) is 2.65. The van der Waals surface area contributed by atoms with Crippen LogP contribution in [0.3, 0.4) is 0 Å². The maximum absolute atomic E-state index is 12.7. The molecule has 0 unspecified atom stereocenters. The molecule has 147 valence electrons. The van der Waals surface area contributed by atoms with E-state index in [0.29, 0.717) is 6.42 Å². The zero-order valence-electron chi connectivity index (χ0n) is 15.7. The Kier molecular flexibility index (Phi) is 9.74. The first-order valence-corrected chi connectivity index (χ1v) is 8.83. The summed E-state index contributed by atoms with van der Waals surface area (Å²) in [5.41, 5.74) is 6.20. The van der Waals surface area contributed by atoms with Gasteiger partial charge in [0, 0.05) is 6.42 Å². The third kappa shape index (κ3) is 8.46. The average molecular weight is 375 g/mol. The highest BCUT2D eigenvalue weighted by atomic mass is 16.2. The van der Waals surface area contributed by atoms with E-state index in [9.17, 15) is 19.2 Å². The molecular weight excluding hydrogens is 348 g/mol. The minimum Gasteiger partial charge on any atom is -0.347 e. The first-order chi connectivity index (χ1) is 12.9. The van der Waals surface area contributed by atoms with Gasteiger partial charge in [0.05, 0.1) is 13.1 Å². The minimum absolute atomic E-state index is 0.132. The molecule has 0 spiro atoms. The number of benzene rings is 1. The number of hydrogen-bond donors (Lipinski definition) is 4. The Morgan fingerprint density at radius 2 is 1.70 bits per heavy atom. The number of carbonyl (C=O) groups excluding carboxylic acids is 4. The molecule has 0 aromatic heterocycles. The molecule has 1 aromatic carbocycles. The quantitative estimate of drug-likeness (QED) is 0.411. The van der Waals surface area contributed by atoms with Gasteiger partial charge in [0.25, 0.3) is 0 Å². The van der Waals surface area contributed by atoms with E-state index in [1.54, 1.807) is 6.29 Å². The van der Waals surface area contributed by atoms with Gasteiger partial charge in [0.15, 0.2) is 0 Å². The lowest BCUT2D eigenvalue weighted by Crippen LogP contribution is -2.55. The van der Waals surface area contributed by atoms with Crippen LogP contribution in [0.1, 0.15) is 25.8 Å². The second kappa shape index (κ2) is 11.8. The fourth-order valence-electron chi connectivity index (χ4n) is 2.53. The van der Waals surface area contributed by atoms with Crippen LogP contribution in [0.15, 0.2) is 30.3 Å². The summed E-state index contributed by atoms with van der Waals surface area (Å²) in [5.74, 6) is -1.29. The highest BCUT2D eigenvalue weighted by Crippen LogP contribution is 2.08. The first kappa shape index (κ1) is 22.3. The Morgan fingerprint density at radius 1 is 1.04 bits per heavy atom. The zero-order chi connectivity index (χ0) is 20.2. The molecule has 0 saturated carbocycles. The summed E-state index contributed by atoms with van der Waals surface area (Å²) in [5, 5.41) is 7.66. The monoisotopic (exact) mass is 375 g/mol. The highest BCUT2D eigenvalue weighted by Gasteiger charge is 2.27. The number of nitrogens with one attached hydrogen (secondary N) is 3. The molecule has 0 saturated heterocycles. The van der Waals surface area contributed by atoms with Gasteiger partial charge in [-0.05, 0) is 17.9 Å². The zero-order valence-corrected chi connectivity index (χ0v) is 15.7. The minimum atomic E-state index is -0.872. The van der Waals surface area contributed by atoms with Crippen molar-refractivity contribution in [2.75, 3.05) is 13.1 Å². The molecule has 0 fully saturated rings. The van der Waals surface area contributed by atoms with E-state index >= 15 is 0 Å². The van der Waals surface area contributed by atoms with Gasteiger partial charge in [-0.3, -0.25) is 19.2 Å². The largest absolute Gasteiger partial charge is 0.347 e. The van der Waals surface area contributed by atoms with Gasteiger partial charge in [-0.1, -0.05) is 44.2 Å². The van der Waals surface area contributed by atoms with Crippen molar-refractivity contribution in [3.63, 3.8) is 0 Å². The van der Waals surface area contributed by atoms with Crippen LogP contribution in [0.25, 0.3) is 0 Å².